The van der Waals surface area contributed by atoms with Crippen LogP contribution in [-0.2, 0) is 22.3 Å². The van der Waals surface area contributed by atoms with Crippen LogP contribution in [-0.4, -0.2) is 48.2 Å². The Balaban J connectivity index is 1.49. The second kappa shape index (κ2) is 7.30. The van der Waals surface area contributed by atoms with Crippen molar-refractivity contribution in [3.63, 3.8) is 0 Å². The zero-order valence-electron chi connectivity index (χ0n) is 15.2. The highest BCUT2D eigenvalue weighted by Gasteiger charge is 2.33. The average molecular weight is 370 g/mol. The van der Waals surface area contributed by atoms with Gasteiger partial charge in [0.15, 0.2) is 0 Å². The molecule has 8 nitrogen and oxygen atoms in total. The van der Waals surface area contributed by atoms with Crippen molar-refractivity contribution >= 4 is 17.9 Å². The van der Waals surface area contributed by atoms with Crippen molar-refractivity contribution in [1.29, 1.82) is 0 Å². The van der Waals surface area contributed by atoms with Gasteiger partial charge in [0, 0.05) is 11.3 Å². The minimum atomic E-state index is -0.507. The fourth-order valence-corrected chi connectivity index (χ4v) is 3.62. The number of hydrogen-bond donors (Lipinski definition) is 2. The number of nitrogens with zero attached hydrogens (tertiary/aromatic N) is 2. The van der Waals surface area contributed by atoms with E-state index in [4.69, 9.17) is 9.47 Å². The van der Waals surface area contributed by atoms with Crippen molar-refractivity contribution in [2.75, 3.05) is 24.6 Å². The first-order valence-electron chi connectivity index (χ1n) is 9.20. The fourth-order valence-electron chi connectivity index (χ4n) is 3.62. The number of carbonyl (C=O) groups is 2. The number of benzene rings is 1. The van der Waals surface area contributed by atoms with Gasteiger partial charge in [-0.1, -0.05) is 6.07 Å². The van der Waals surface area contributed by atoms with E-state index >= 15 is 0 Å². The number of cyclic esters (lactones) is 1. The Morgan fingerprint density at radius 1 is 1.41 bits per heavy atom. The van der Waals surface area contributed by atoms with Gasteiger partial charge in [0.1, 0.15) is 6.10 Å². The Bertz CT molecular complexity index is 863. The fraction of sp³-hybridized carbons (Fsp3) is 0.421. The van der Waals surface area contributed by atoms with Gasteiger partial charge in [0.2, 0.25) is 0 Å². The third-order valence-electron chi connectivity index (χ3n) is 4.90. The average Bonchev–Trinajstić information content (AvgIpc) is 3.23. The van der Waals surface area contributed by atoms with E-state index in [0.717, 1.165) is 36.2 Å². The second-order valence-electron chi connectivity index (χ2n) is 6.68. The molecule has 0 radical (unpaired) electrons. The molecule has 2 aliphatic rings. The number of ether oxygens (including phenoxy) is 2. The molecule has 0 bridgehead atoms. The first-order chi connectivity index (χ1) is 13.2. The lowest BCUT2D eigenvalue weighted by molar-refractivity contribution is 0.127. The van der Waals surface area contributed by atoms with Gasteiger partial charge < -0.3 is 14.8 Å². The van der Waals surface area contributed by atoms with Gasteiger partial charge in [0.25, 0.3) is 0 Å². The van der Waals surface area contributed by atoms with Crippen molar-refractivity contribution in [2.24, 2.45) is 0 Å². The maximum absolute atomic E-state index is 12.3. The van der Waals surface area contributed by atoms with Crippen LogP contribution < -0.4 is 10.2 Å². The second-order valence-corrected chi connectivity index (χ2v) is 6.68. The summed E-state index contributed by atoms with van der Waals surface area (Å²) in [5, 5.41) is 9.86. The highest BCUT2D eigenvalue weighted by molar-refractivity contribution is 5.90. The van der Waals surface area contributed by atoms with Crippen LogP contribution in [0.25, 0.3) is 11.3 Å². The first kappa shape index (κ1) is 17.4. The standard InChI is InChI=1S/C19H22N4O4/c1-2-26-18(24)20-10-15-11-23(19(25)27-15)14-6-7-16-12(8-14)4-3-5-13-9-21-22-17(13)16/h6-9,15H,2-5,10-11H2,1H3,(H,20,24)(H,21,22)/t15-/m0/s1. The summed E-state index contributed by atoms with van der Waals surface area (Å²) < 4.78 is 10.2. The van der Waals surface area contributed by atoms with E-state index in [0.29, 0.717) is 13.2 Å². The Kier molecular flexibility index (Phi) is 4.70. The van der Waals surface area contributed by atoms with Gasteiger partial charge in [-0.15, -0.1) is 0 Å². The van der Waals surface area contributed by atoms with Crippen molar-refractivity contribution in [3.05, 3.63) is 35.5 Å². The maximum atomic E-state index is 12.3. The number of carbonyl (C=O) groups excluding carboxylic acids is 2. The molecule has 1 fully saturated rings. The van der Waals surface area contributed by atoms with E-state index in [2.05, 4.69) is 15.5 Å². The lowest BCUT2D eigenvalue weighted by atomic mass is 10.0. The molecular weight excluding hydrogens is 348 g/mol. The SMILES string of the molecule is CCOC(=O)NC[C@H]1CN(c2ccc3c(c2)CCCc2cn[nH]c2-3)C(=O)O1. The van der Waals surface area contributed by atoms with Crippen LogP contribution in [0.1, 0.15) is 24.5 Å². The number of rotatable bonds is 4. The van der Waals surface area contributed by atoms with Crippen LogP contribution in [0.4, 0.5) is 15.3 Å². The van der Waals surface area contributed by atoms with Gasteiger partial charge in [-0.05, 0) is 49.4 Å². The third kappa shape index (κ3) is 3.47. The summed E-state index contributed by atoms with van der Waals surface area (Å²) in [4.78, 5) is 25.3. The molecule has 27 heavy (non-hydrogen) atoms. The minimum absolute atomic E-state index is 0.226. The summed E-state index contributed by atoms with van der Waals surface area (Å²) >= 11 is 0. The first-order valence-corrected chi connectivity index (χ1v) is 9.20. The molecule has 1 aromatic heterocycles. The molecule has 1 saturated heterocycles. The van der Waals surface area contributed by atoms with Gasteiger partial charge in [-0.2, -0.15) is 5.10 Å². The molecule has 4 rings (SSSR count). The predicted molar refractivity (Wildman–Crippen MR) is 98.7 cm³/mol. The van der Waals surface area contributed by atoms with E-state index in [1.165, 1.54) is 11.1 Å². The summed E-state index contributed by atoms with van der Waals surface area (Å²) in [6.07, 6.45) is 3.55. The molecule has 1 aromatic carbocycles. The van der Waals surface area contributed by atoms with Crippen molar-refractivity contribution < 1.29 is 19.1 Å². The largest absolute Gasteiger partial charge is 0.450 e. The quantitative estimate of drug-likeness (QED) is 0.862. The number of fused-ring (bicyclic) bond motifs is 3. The molecule has 1 aliphatic carbocycles. The zero-order chi connectivity index (χ0) is 18.8. The number of aromatic nitrogens is 2. The highest BCUT2D eigenvalue weighted by atomic mass is 16.6. The van der Waals surface area contributed by atoms with E-state index in [1.807, 2.05) is 24.4 Å². The van der Waals surface area contributed by atoms with Crippen LogP contribution in [0, 0.1) is 0 Å². The smallest absolute Gasteiger partial charge is 0.414 e. The van der Waals surface area contributed by atoms with Crippen LogP contribution in [0.15, 0.2) is 24.4 Å². The van der Waals surface area contributed by atoms with Crippen molar-refractivity contribution in [2.45, 2.75) is 32.3 Å². The van der Waals surface area contributed by atoms with Gasteiger partial charge >= 0.3 is 12.2 Å². The van der Waals surface area contributed by atoms with Crippen LogP contribution in [0.2, 0.25) is 0 Å². The Morgan fingerprint density at radius 3 is 3.11 bits per heavy atom. The van der Waals surface area contributed by atoms with Gasteiger partial charge in [-0.25, -0.2) is 9.59 Å². The lowest BCUT2D eigenvalue weighted by Gasteiger charge is -2.16. The highest BCUT2D eigenvalue weighted by Crippen LogP contribution is 2.34. The predicted octanol–water partition coefficient (Wildman–Crippen LogP) is 2.64. The number of amides is 2. The molecule has 1 atom stereocenters. The summed E-state index contributed by atoms with van der Waals surface area (Å²) in [7, 11) is 0. The number of hydrogen-bond acceptors (Lipinski definition) is 5. The number of aromatic amines is 1. The third-order valence-corrected chi connectivity index (χ3v) is 4.90. The molecule has 8 heteroatoms. The van der Waals surface area contributed by atoms with Crippen LogP contribution in [0.5, 0.6) is 0 Å². The lowest BCUT2D eigenvalue weighted by Crippen LogP contribution is -2.35. The van der Waals surface area contributed by atoms with E-state index in [9.17, 15) is 9.59 Å². The summed E-state index contributed by atoms with van der Waals surface area (Å²) in [5.41, 5.74) is 5.43. The van der Waals surface area contributed by atoms with Crippen LogP contribution >= 0.6 is 0 Å². The van der Waals surface area contributed by atoms with E-state index < -0.39 is 18.3 Å². The number of H-pyrrole nitrogens is 1. The number of anilines is 1. The van der Waals surface area contributed by atoms with E-state index in [1.54, 1.807) is 11.8 Å². The van der Waals surface area contributed by atoms with Crippen LogP contribution in [0.3, 0.4) is 0 Å². The molecule has 142 valence electrons. The number of alkyl carbamates (subject to hydrolysis) is 1. The van der Waals surface area contributed by atoms with E-state index in [-0.39, 0.29) is 6.54 Å². The topological polar surface area (TPSA) is 96.5 Å². The Labute approximate surface area is 156 Å². The minimum Gasteiger partial charge on any atom is -0.450 e. The summed E-state index contributed by atoms with van der Waals surface area (Å²) in [6, 6.07) is 6.01. The molecule has 0 saturated carbocycles. The molecule has 2 N–H and O–H groups in total. The molecule has 0 unspecified atom stereocenters. The van der Waals surface area contributed by atoms with Crippen molar-refractivity contribution in [3.8, 4) is 11.3 Å². The molecule has 2 amide bonds. The molecular formula is C19H22N4O4. The molecule has 1 aliphatic heterocycles. The maximum Gasteiger partial charge on any atom is 0.414 e. The molecule has 2 aromatic rings. The number of aryl methyl sites for hydroxylation is 2. The van der Waals surface area contributed by atoms with Gasteiger partial charge in [0.05, 0.1) is 31.6 Å². The Hall–Kier alpha value is -3.03. The van der Waals surface area contributed by atoms with Crippen molar-refractivity contribution in [1.82, 2.24) is 15.5 Å². The molecule has 2 heterocycles. The summed E-state index contributed by atoms with van der Waals surface area (Å²) in [6.45, 7) is 2.65. The Morgan fingerprint density at radius 2 is 2.26 bits per heavy atom. The summed E-state index contributed by atoms with van der Waals surface area (Å²) in [5.74, 6) is 0. The number of nitrogens with one attached hydrogen (secondary N) is 2. The van der Waals surface area contributed by atoms with Gasteiger partial charge in [-0.3, -0.25) is 10.00 Å². The normalized spacial score (nSPS) is 18.3. The molecule has 0 spiro atoms. The monoisotopic (exact) mass is 370 g/mol. The zero-order valence-corrected chi connectivity index (χ0v) is 15.2.